The summed E-state index contributed by atoms with van der Waals surface area (Å²) in [5.74, 6) is -3.95. The van der Waals surface area contributed by atoms with Gasteiger partial charge in [-0.1, -0.05) is 62.2 Å². The van der Waals surface area contributed by atoms with Crippen LogP contribution in [-0.4, -0.2) is 45.4 Å². The molecule has 4 nitrogen and oxygen atoms in total. The number of halogens is 11. The average molecular weight is 800 g/mol. The second-order valence-electron chi connectivity index (χ2n) is 4.90. The smallest absolute Gasteiger partial charge is 0.304 e. The Hall–Kier alpha value is 0.277. The summed E-state index contributed by atoms with van der Waals surface area (Å²) >= 11 is 2.36. The number of hydrogen-bond donors (Lipinski definition) is 0. The number of carbonyl (C=O) groups excluding carboxylic acids is 2. The summed E-state index contributed by atoms with van der Waals surface area (Å²) in [4.78, 5) is 18.6. The van der Waals surface area contributed by atoms with Crippen LogP contribution in [0.4, 0.5) is 38.9 Å². The van der Waals surface area contributed by atoms with Crippen molar-refractivity contribution in [1.82, 2.24) is 0 Å². The number of carbonyl (C=O) groups is 2. The Kier molecular flexibility index (Phi) is 13.7. The van der Waals surface area contributed by atoms with E-state index in [4.69, 9.17) is 1.34 Å². The molecule has 0 aliphatic rings. The minimum Gasteiger partial charge on any atom is -0.465 e. The molecule has 30 heavy (non-hydrogen) atoms. The molecule has 0 aromatic carbocycles. The van der Waals surface area contributed by atoms with Crippen LogP contribution in [0, 0.1) is 31.1 Å². The van der Waals surface area contributed by atoms with Gasteiger partial charge in [-0.25, -0.2) is 0 Å². The molecule has 0 amide bonds. The van der Waals surface area contributed by atoms with Gasteiger partial charge in [0.25, 0.3) is 10.2 Å². The molecule has 0 N–H and O–H groups in total. The van der Waals surface area contributed by atoms with E-state index >= 15 is 0 Å². The van der Waals surface area contributed by atoms with Crippen LogP contribution in [0.1, 0.15) is 21.3 Å². The summed E-state index contributed by atoms with van der Waals surface area (Å²) in [5.41, 5.74) is 0. The molecule has 184 valence electrons. The van der Waals surface area contributed by atoms with Crippen molar-refractivity contribution in [2.75, 3.05) is 19.0 Å². The number of alkyl halides is 1. The van der Waals surface area contributed by atoms with Gasteiger partial charge in [0.05, 0.1) is 10.2 Å². The third-order valence-electron chi connectivity index (χ3n) is 1.70. The summed E-state index contributed by atoms with van der Waals surface area (Å²) in [6.45, 7) is 0.370. The van der Waals surface area contributed by atoms with Crippen LogP contribution < -0.4 is 0 Å². The Labute approximate surface area is 202 Å². The quantitative estimate of drug-likeness (QED) is 0.121. The van der Waals surface area contributed by atoms with Gasteiger partial charge >= 0.3 is 22.2 Å². The fourth-order valence-corrected chi connectivity index (χ4v) is 3.84. The number of ether oxygens (including phenoxy) is 2. The topological polar surface area (TPSA) is 52.6 Å². The van der Waals surface area contributed by atoms with Crippen molar-refractivity contribution in [2.45, 2.75) is 26.1 Å². The average Bonchev–Trinajstić information content (AvgIpc) is 2.38. The predicted octanol–water partition coefficient (Wildman–Crippen LogP) is 6.96. The molecule has 0 saturated carbocycles. The third kappa shape index (κ3) is 42.4. The first-order valence-corrected chi connectivity index (χ1v) is 11.3. The van der Waals surface area contributed by atoms with Crippen LogP contribution in [0.3, 0.4) is 0 Å². The van der Waals surface area contributed by atoms with Crippen molar-refractivity contribution in [3.8, 4) is 0 Å². The van der Waals surface area contributed by atoms with Crippen LogP contribution >= 0.6 is 36.4 Å². The minimum atomic E-state index is -9.49. The maximum absolute atomic E-state index is 11.8. The summed E-state index contributed by atoms with van der Waals surface area (Å²) in [6.07, 6.45) is 0.0585. The molecule has 0 fully saturated rings. The Balaban J connectivity index is -0.000000127. The molecule has 0 spiro atoms. The maximum atomic E-state index is 11.8. The molecule has 1 atom stereocenters. The Morgan fingerprint density at radius 2 is 1.33 bits per heavy atom. The van der Waals surface area contributed by atoms with Crippen LogP contribution in [0.2, 0.25) is 0 Å². The molecule has 1 unspecified atom stereocenters. The number of esters is 2. The second-order valence-corrected chi connectivity index (χ2v) is 11.1. The first kappa shape index (κ1) is 37.6. The van der Waals surface area contributed by atoms with E-state index in [-0.39, 0.29) is 44.6 Å². The Morgan fingerprint density at radius 1 is 0.967 bits per heavy atom. The molecule has 0 saturated heterocycles. The summed E-state index contributed by atoms with van der Waals surface area (Å²) in [5, 5.41) is -1.15. The number of rotatable bonds is 7. The molecule has 0 rings (SSSR count). The van der Waals surface area contributed by atoms with Crippen LogP contribution in [0.5, 0.6) is 0 Å². The first-order chi connectivity index (χ1) is 12.2. The molecule has 0 bridgehead atoms. The van der Waals surface area contributed by atoms with Gasteiger partial charge in [-0.15, -0.1) is 0 Å². The molecular weight excluding hydrogens is 779 g/mol. The third-order valence-corrected chi connectivity index (χ3v) is 4.46. The maximum Gasteiger partial charge on any atom is 0.304 e. The van der Waals surface area contributed by atoms with Gasteiger partial charge in [0.15, 0.2) is 0 Å². The van der Waals surface area contributed by atoms with Crippen molar-refractivity contribution in [3.63, 3.8) is 0 Å². The zero-order valence-corrected chi connectivity index (χ0v) is 21.9. The van der Waals surface area contributed by atoms with Crippen molar-refractivity contribution >= 4 is 56.7 Å². The van der Waals surface area contributed by atoms with E-state index in [0.717, 1.165) is 13.8 Å². The van der Waals surface area contributed by atoms with E-state index in [1.165, 1.54) is 0 Å². The van der Waals surface area contributed by atoms with Gasteiger partial charge < -0.3 is 9.47 Å². The Morgan fingerprint density at radius 3 is 1.60 bits per heavy atom. The number of hydrogen-bond acceptors (Lipinski definition) is 4. The van der Waals surface area contributed by atoms with E-state index in [1.54, 1.807) is 0 Å². The fraction of sp³-hybridized carbons (Fsp3) is 0.636. The Bertz CT molecular complexity index is 607. The van der Waals surface area contributed by atoms with Crippen molar-refractivity contribution in [3.05, 3.63) is 11.5 Å². The van der Waals surface area contributed by atoms with E-state index < -0.39 is 61.6 Å². The second kappa shape index (κ2) is 10.9. The molecule has 0 aromatic heterocycles. The molecule has 19 heteroatoms. The van der Waals surface area contributed by atoms with Gasteiger partial charge in [0, 0.05) is 53.3 Å². The van der Waals surface area contributed by atoms with Gasteiger partial charge in [0.1, 0.15) is 19.0 Å². The van der Waals surface area contributed by atoms with Gasteiger partial charge in [-0.3, -0.25) is 9.59 Å². The fourth-order valence-electron chi connectivity index (χ4n) is 0.984. The normalized spacial score (nSPS) is 17.0. The summed E-state index contributed by atoms with van der Waals surface area (Å²) in [7, 11) is -15.2. The van der Waals surface area contributed by atoms with Gasteiger partial charge in [0.2, 0.25) is 0 Å². The van der Waals surface area contributed by atoms with Crippen molar-refractivity contribution in [2.24, 2.45) is 0 Å². The molecule has 2 radical (unpaired) electrons. The molecule has 0 aromatic rings. The van der Waals surface area contributed by atoms with Crippen molar-refractivity contribution < 1.29 is 89.0 Å². The zero-order chi connectivity index (χ0) is 24.5. The summed E-state index contributed by atoms with van der Waals surface area (Å²) in [6, 6.07) is 0. The van der Waals surface area contributed by atoms with E-state index in [2.05, 4.69) is 33.8 Å². The monoisotopic (exact) mass is 799 g/mol. The molecule has 0 aliphatic heterocycles. The standard InChI is InChI=1S/C5H8BrF5O2S.C5H7F5O2S.CH4.BH.U/c1-4(12)13-2-5(6)3-14(7,8,9,10)11;1-5(11)12-3-2-4-13(6,7,8,9)10;;;/h5H,2-3H2,1H3;2,4H,3H2,1H3;1H4;1H;/b;4-2+;;;/i;;;1D;. The van der Waals surface area contributed by atoms with Gasteiger partial charge in [-0.2, -0.15) is 0 Å². The van der Waals surface area contributed by atoms with E-state index in [1.807, 2.05) is 0 Å². The molecular formula is C11H20BBrF10O4S2U. The van der Waals surface area contributed by atoms with Crippen LogP contribution in [-0.2, 0) is 19.1 Å². The SMILES string of the molecule is C.CC(=O)OC/C=C/S(F)(F)(F)(F)F.CC(=O)OCC(Br)CS(F)(F)(F)(F)F.[2H][B].[U]. The first-order valence-electron chi connectivity index (χ1n) is 6.81. The summed E-state index contributed by atoms with van der Waals surface area (Å²) < 4.78 is 130. The largest absolute Gasteiger partial charge is 0.465 e. The molecule has 0 aliphatic carbocycles. The zero-order valence-electron chi connectivity index (χ0n) is 15.5. The predicted molar refractivity (Wildman–Crippen MR) is 100 cm³/mol. The van der Waals surface area contributed by atoms with E-state index in [9.17, 15) is 48.4 Å². The van der Waals surface area contributed by atoms with Crippen molar-refractivity contribution in [1.29, 1.82) is 1.34 Å². The minimum absolute atomic E-state index is 0. The van der Waals surface area contributed by atoms with Gasteiger partial charge in [-0.05, 0) is 7.41 Å². The van der Waals surface area contributed by atoms with E-state index in [0.29, 0.717) is 0 Å². The van der Waals surface area contributed by atoms with Crippen LogP contribution in [0.15, 0.2) is 11.5 Å². The van der Waals surface area contributed by atoms with Crippen LogP contribution in [0.25, 0.3) is 0 Å². The molecule has 0 heterocycles.